The first-order valence-electron chi connectivity index (χ1n) is 8.50. The molecule has 0 N–H and O–H groups in total. The summed E-state index contributed by atoms with van der Waals surface area (Å²) in [6.45, 7) is 8.82. The summed E-state index contributed by atoms with van der Waals surface area (Å²) in [7, 11) is 3.82. The van der Waals surface area contributed by atoms with Crippen LogP contribution in [0.2, 0.25) is 0 Å². The average molecular weight is 365 g/mol. The molecule has 0 fully saturated rings. The van der Waals surface area contributed by atoms with Crippen LogP contribution in [-0.2, 0) is 22.6 Å². The minimum atomic E-state index is -0.395. The van der Waals surface area contributed by atoms with Gasteiger partial charge in [-0.3, -0.25) is 14.2 Å². The molecule has 2 heterocycles. The van der Waals surface area contributed by atoms with Gasteiger partial charge in [0.1, 0.15) is 17.2 Å². The molecule has 0 spiro atoms. The first kappa shape index (κ1) is 19.6. The van der Waals surface area contributed by atoms with Crippen molar-refractivity contribution in [3.63, 3.8) is 0 Å². The van der Waals surface area contributed by atoms with Gasteiger partial charge in [-0.05, 0) is 45.8 Å². The molecule has 0 bridgehead atoms. The van der Waals surface area contributed by atoms with Crippen molar-refractivity contribution in [2.24, 2.45) is 5.92 Å². The molecule has 0 aliphatic carbocycles. The van der Waals surface area contributed by atoms with Gasteiger partial charge in [-0.2, -0.15) is 0 Å². The van der Waals surface area contributed by atoms with Gasteiger partial charge in [-0.1, -0.05) is 13.8 Å². The van der Waals surface area contributed by atoms with Crippen LogP contribution in [0.25, 0.3) is 10.2 Å². The minimum absolute atomic E-state index is 0.0998. The Bertz CT molecular complexity index is 821. The van der Waals surface area contributed by atoms with Crippen LogP contribution in [0.1, 0.15) is 36.5 Å². The molecule has 25 heavy (non-hydrogen) atoms. The largest absolute Gasteiger partial charge is 0.464 e. The summed E-state index contributed by atoms with van der Waals surface area (Å²) in [6.07, 6.45) is 0.811. The number of fused-ring (bicyclic) bond motifs is 1. The van der Waals surface area contributed by atoms with Crippen LogP contribution in [0.4, 0.5) is 0 Å². The molecule has 0 radical (unpaired) electrons. The first-order chi connectivity index (χ1) is 11.7. The number of aryl methyl sites for hydroxylation is 2. The summed E-state index contributed by atoms with van der Waals surface area (Å²) < 4.78 is 6.74. The molecule has 0 aliphatic heterocycles. The van der Waals surface area contributed by atoms with Gasteiger partial charge in [0.25, 0.3) is 5.56 Å². The summed E-state index contributed by atoms with van der Waals surface area (Å²) in [5.41, 5.74) is 0.778. The normalized spacial score (nSPS) is 11.7. The van der Waals surface area contributed by atoms with E-state index in [9.17, 15) is 9.59 Å². The predicted molar refractivity (Wildman–Crippen MR) is 101 cm³/mol. The quantitative estimate of drug-likeness (QED) is 0.706. The van der Waals surface area contributed by atoms with Crippen molar-refractivity contribution in [3.05, 3.63) is 26.6 Å². The van der Waals surface area contributed by atoms with Crippen LogP contribution in [-0.4, -0.2) is 41.1 Å². The van der Waals surface area contributed by atoms with Crippen LogP contribution >= 0.6 is 11.3 Å². The van der Waals surface area contributed by atoms with Crippen molar-refractivity contribution in [2.45, 2.75) is 47.2 Å². The van der Waals surface area contributed by atoms with E-state index in [0.717, 1.165) is 21.7 Å². The molecule has 2 rings (SSSR count). The zero-order chi connectivity index (χ0) is 18.7. The molecule has 7 heteroatoms. The molecule has 0 saturated heterocycles. The fourth-order valence-corrected chi connectivity index (χ4v) is 3.56. The molecule has 2 aromatic rings. The average Bonchev–Trinajstić information content (AvgIpc) is 2.77. The van der Waals surface area contributed by atoms with Crippen molar-refractivity contribution in [2.75, 3.05) is 20.7 Å². The van der Waals surface area contributed by atoms with Crippen molar-refractivity contribution < 1.29 is 9.53 Å². The number of carbonyl (C=O) groups excluding carboxylic acids is 1. The van der Waals surface area contributed by atoms with E-state index in [-0.39, 0.29) is 12.1 Å². The Kier molecular flexibility index (Phi) is 6.35. The van der Waals surface area contributed by atoms with Gasteiger partial charge in [0, 0.05) is 4.88 Å². The number of esters is 1. The molecule has 138 valence electrons. The maximum atomic E-state index is 13.0. The Morgan fingerprint density at radius 3 is 2.60 bits per heavy atom. The Hall–Kier alpha value is -1.73. The van der Waals surface area contributed by atoms with Gasteiger partial charge in [0.05, 0.1) is 18.5 Å². The number of hydrogen-bond acceptors (Lipinski definition) is 6. The third kappa shape index (κ3) is 4.67. The van der Waals surface area contributed by atoms with Crippen LogP contribution in [0.15, 0.2) is 4.79 Å². The maximum absolute atomic E-state index is 13.0. The van der Waals surface area contributed by atoms with E-state index in [2.05, 4.69) is 18.8 Å². The van der Waals surface area contributed by atoms with E-state index in [1.54, 1.807) is 0 Å². The van der Waals surface area contributed by atoms with Crippen LogP contribution < -0.4 is 5.56 Å². The molecule has 6 nitrogen and oxygen atoms in total. The first-order valence-corrected chi connectivity index (χ1v) is 9.32. The number of hydrogen-bond donors (Lipinski definition) is 0. The fraction of sp³-hybridized carbons (Fsp3) is 0.611. The van der Waals surface area contributed by atoms with E-state index in [0.29, 0.717) is 30.3 Å². The third-order valence-corrected chi connectivity index (χ3v) is 5.17. The Morgan fingerprint density at radius 2 is 2.00 bits per heavy atom. The van der Waals surface area contributed by atoms with Crippen LogP contribution in [0, 0.1) is 19.8 Å². The fourth-order valence-electron chi connectivity index (χ4n) is 2.52. The molecule has 0 amide bonds. The molecule has 0 aliphatic rings. The Balaban J connectivity index is 2.38. The number of rotatable bonds is 7. The van der Waals surface area contributed by atoms with E-state index >= 15 is 0 Å². The number of aromatic nitrogens is 2. The van der Waals surface area contributed by atoms with E-state index in [1.807, 2.05) is 32.8 Å². The summed E-state index contributed by atoms with van der Waals surface area (Å²) in [5.74, 6) is 0.660. The van der Waals surface area contributed by atoms with E-state index in [4.69, 9.17) is 4.74 Å². The van der Waals surface area contributed by atoms with Gasteiger partial charge in [-0.25, -0.2) is 4.98 Å². The Morgan fingerprint density at radius 1 is 1.32 bits per heavy atom. The van der Waals surface area contributed by atoms with Crippen LogP contribution in [0.5, 0.6) is 0 Å². The topological polar surface area (TPSA) is 64.4 Å². The number of nitrogens with zero attached hydrogens (tertiary/aromatic N) is 3. The van der Waals surface area contributed by atoms with Gasteiger partial charge in [0.2, 0.25) is 0 Å². The number of ether oxygens (including phenoxy) is 1. The minimum Gasteiger partial charge on any atom is -0.464 e. The third-order valence-electron chi connectivity index (χ3n) is 4.07. The number of carbonyl (C=O) groups is 1. The van der Waals surface area contributed by atoms with Crippen molar-refractivity contribution in [3.8, 4) is 0 Å². The van der Waals surface area contributed by atoms with Crippen molar-refractivity contribution in [1.29, 1.82) is 0 Å². The second-order valence-electron chi connectivity index (χ2n) is 7.02. The highest BCUT2D eigenvalue weighted by Crippen LogP contribution is 2.26. The maximum Gasteiger partial charge on any atom is 0.326 e. The van der Waals surface area contributed by atoms with Gasteiger partial charge in [0.15, 0.2) is 0 Å². The summed E-state index contributed by atoms with van der Waals surface area (Å²) in [4.78, 5) is 33.6. The second-order valence-corrected chi connectivity index (χ2v) is 8.23. The predicted octanol–water partition coefficient (Wildman–Crippen LogP) is 2.73. The summed E-state index contributed by atoms with van der Waals surface area (Å²) in [6, 6.07) is 0. The SMILES string of the molecule is Cc1sc2nc(CN(C)C)n(CC(=O)OCCC(C)C)c(=O)c2c1C. The van der Waals surface area contributed by atoms with E-state index < -0.39 is 5.97 Å². The summed E-state index contributed by atoms with van der Waals surface area (Å²) >= 11 is 1.52. The lowest BCUT2D eigenvalue weighted by Gasteiger charge is -2.15. The second kappa shape index (κ2) is 8.10. The zero-order valence-electron chi connectivity index (χ0n) is 15.9. The monoisotopic (exact) mass is 365 g/mol. The molecule has 2 aromatic heterocycles. The van der Waals surface area contributed by atoms with Gasteiger partial charge in [-0.15, -0.1) is 11.3 Å². The molecular formula is C18H27N3O3S. The lowest BCUT2D eigenvalue weighted by atomic mass is 10.1. The molecule has 0 atom stereocenters. The van der Waals surface area contributed by atoms with Gasteiger partial charge < -0.3 is 9.64 Å². The Labute approximate surface area is 152 Å². The highest BCUT2D eigenvalue weighted by atomic mass is 32.1. The van der Waals surface area contributed by atoms with Gasteiger partial charge >= 0.3 is 5.97 Å². The highest BCUT2D eigenvalue weighted by Gasteiger charge is 2.19. The standard InChI is InChI=1S/C18H27N3O3S/c1-11(2)7-8-24-15(22)10-21-14(9-20(5)6)19-17-16(18(21)23)12(3)13(4)25-17/h11H,7-10H2,1-6H3. The number of thiophene rings is 1. The summed E-state index contributed by atoms with van der Waals surface area (Å²) in [5, 5.41) is 0.611. The lowest BCUT2D eigenvalue weighted by molar-refractivity contribution is -0.144. The zero-order valence-corrected chi connectivity index (χ0v) is 16.7. The molecular weight excluding hydrogens is 338 g/mol. The molecule has 0 saturated carbocycles. The van der Waals surface area contributed by atoms with Crippen LogP contribution in [0.3, 0.4) is 0 Å². The highest BCUT2D eigenvalue weighted by molar-refractivity contribution is 7.18. The van der Waals surface area contributed by atoms with Crippen molar-refractivity contribution >= 4 is 27.5 Å². The lowest BCUT2D eigenvalue weighted by Crippen LogP contribution is -2.31. The van der Waals surface area contributed by atoms with E-state index in [1.165, 1.54) is 15.9 Å². The van der Waals surface area contributed by atoms with Crippen molar-refractivity contribution in [1.82, 2.24) is 14.5 Å². The smallest absolute Gasteiger partial charge is 0.326 e. The molecule has 0 aromatic carbocycles. The molecule has 0 unspecified atom stereocenters.